The first-order valence-electron chi connectivity index (χ1n) is 6.99. The summed E-state index contributed by atoms with van der Waals surface area (Å²) in [5.74, 6) is 1.70. The Morgan fingerprint density at radius 2 is 2.28 bits per heavy atom. The minimum absolute atomic E-state index is 0.297. The fourth-order valence-electron chi connectivity index (χ4n) is 3.29. The predicted molar refractivity (Wildman–Crippen MR) is 75.5 cm³/mol. The van der Waals surface area contributed by atoms with Gasteiger partial charge in [0.05, 0.1) is 16.8 Å². The smallest absolute Gasteiger partial charge is 0.161 e. The second-order valence-electron chi connectivity index (χ2n) is 5.49. The Labute approximate surface area is 114 Å². The standard InChI is InChI=1S/C15H20ClNO/c1-2-4-10-7-8-14-13(9-10)17-12-6-3-5-11(16)15(12)18-14/h3,5-6,10,13-14,17H,2,4,7-9H2,1H3. The summed E-state index contributed by atoms with van der Waals surface area (Å²) in [5.41, 5.74) is 1.06. The van der Waals surface area contributed by atoms with E-state index in [1.54, 1.807) is 0 Å². The Kier molecular flexibility index (Phi) is 3.38. The summed E-state index contributed by atoms with van der Waals surface area (Å²) < 4.78 is 6.10. The van der Waals surface area contributed by atoms with E-state index in [0.717, 1.165) is 23.8 Å². The van der Waals surface area contributed by atoms with Crippen LogP contribution in [0.1, 0.15) is 39.0 Å². The molecule has 3 rings (SSSR count). The first kappa shape index (κ1) is 12.2. The highest BCUT2D eigenvalue weighted by atomic mass is 35.5. The minimum Gasteiger partial charge on any atom is -0.485 e. The highest BCUT2D eigenvalue weighted by Crippen LogP contribution is 2.42. The predicted octanol–water partition coefficient (Wildman–Crippen LogP) is 4.48. The Balaban J connectivity index is 1.78. The molecular weight excluding hydrogens is 246 g/mol. The third-order valence-corrected chi connectivity index (χ3v) is 4.47. The van der Waals surface area contributed by atoms with Gasteiger partial charge in [-0.2, -0.15) is 0 Å². The number of anilines is 1. The Bertz CT molecular complexity index is 435. The highest BCUT2D eigenvalue weighted by Gasteiger charge is 2.35. The number of rotatable bonds is 2. The fraction of sp³-hybridized carbons (Fsp3) is 0.600. The third-order valence-electron chi connectivity index (χ3n) is 4.17. The molecule has 1 aromatic rings. The van der Waals surface area contributed by atoms with Crippen LogP contribution in [0.4, 0.5) is 5.69 Å². The first-order valence-corrected chi connectivity index (χ1v) is 7.37. The summed E-state index contributed by atoms with van der Waals surface area (Å²) in [4.78, 5) is 0. The van der Waals surface area contributed by atoms with Crippen molar-refractivity contribution < 1.29 is 4.74 Å². The SMILES string of the molecule is CCCC1CCC2Oc3c(Cl)cccc3NC2C1. The van der Waals surface area contributed by atoms with E-state index < -0.39 is 0 Å². The Morgan fingerprint density at radius 3 is 3.11 bits per heavy atom. The van der Waals surface area contributed by atoms with Crippen molar-refractivity contribution >= 4 is 17.3 Å². The molecule has 3 heteroatoms. The summed E-state index contributed by atoms with van der Waals surface area (Å²) in [6.07, 6.45) is 6.58. The van der Waals surface area contributed by atoms with Gasteiger partial charge in [-0.15, -0.1) is 0 Å². The zero-order valence-electron chi connectivity index (χ0n) is 10.8. The average molecular weight is 266 g/mol. The maximum atomic E-state index is 6.19. The van der Waals surface area contributed by atoms with Crippen LogP contribution in [0.15, 0.2) is 18.2 Å². The normalized spacial score (nSPS) is 29.8. The van der Waals surface area contributed by atoms with Crippen LogP contribution in [0, 0.1) is 5.92 Å². The zero-order valence-corrected chi connectivity index (χ0v) is 11.5. The lowest BCUT2D eigenvalue weighted by Crippen LogP contribution is -2.45. The number of halogens is 1. The van der Waals surface area contributed by atoms with Crippen LogP contribution >= 0.6 is 11.6 Å². The minimum atomic E-state index is 0.297. The van der Waals surface area contributed by atoms with Gasteiger partial charge in [0.1, 0.15) is 6.10 Å². The van der Waals surface area contributed by atoms with E-state index in [2.05, 4.69) is 18.3 Å². The number of para-hydroxylation sites is 1. The summed E-state index contributed by atoms with van der Waals surface area (Å²) >= 11 is 6.19. The van der Waals surface area contributed by atoms with Gasteiger partial charge in [0, 0.05) is 0 Å². The van der Waals surface area contributed by atoms with E-state index in [0.29, 0.717) is 17.2 Å². The van der Waals surface area contributed by atoms with Crippen molar-refractivity contribution in [3.8, 4) is 5.75 Å². The third kappa shape index (κ3) is 2.18. The molecule has 1 heterocycles. The van der Waals surface area contributed by atoms with Crippen LogP contribution in [0.5, 0.6) is 5.75 Å². The van der Waals surface area contributed by atoms with Gasteiger partial charge >= 0.3 is 0 Å². The van der Waals surface area contributed by atoms with Crippen LogP contribution < -0.4 is 10.1 Å². The highest BCUT2D eigenvalue weighted by molar-refractivity contribution is 6.32. The van der Waals surface area contributed by atoms with Gasteiger partial charge in [-0.3, -0.25) is 0 Å². The van der Waals surface area contributed by atoms with Crippen LogP contribution in [-0.4, -0.2) is 12.1 Å². The molecule has 98 valence electrons. The van der Waals surface area contributed by atoms with Gasteiger partial charge < -0.3 is 10.1 Å². The average Bonchev–Trinajstić information content (AvgIpc) is 2.38. The number of hydrogen-bond donors (Lipinski definition) is 1. The lowest BCUT2D eigenvalue weighted by Gasteiger charge is -2.41. The molecule has 2 aliphatic rings. The molecule has 0 aromatic heterocycles. The Morgan fingerprint density at radius 1 is 1.39 bits per heavy atom. The van der Waals surface area contributed by atoms with Crippen molar-refractivity contribution in [1.82, 2.24) is 0 Å². The van der Waals surface area contributed by atoms with Crippen LogP contribution in [0.25, 0.3) is 0 Å². The van der Waals surface area contributed by atoms with Crippen molar-refractivity contribution in [3.05, 3.63) is 23.2 Å². The summed E-state index contributed by atoms with van der Waals surface area (Å²) in [6.45, 7) is 2.27. The maximum Gasteiger partial charge on any atom is 0.161 e. The van der Waals surface area contributed by atoms with Crippen molar-refractivity contribution in [3.63, 3.8) is 0 Å². The van der Waals surface area contributed by atoms with Crippen LogP contribution in [0.3, 0.4) is 0 Å². The van der Waals surface area contributed by atoms with Gasteiger partial charge in [0.2, 0.25) is 0 Å². The van der Waals surface area contributed by atoms with E-state index >= 15 is 0 Å². The van der Waals surface area contributed by atoms with E-state index in [4.69, 9.17) is 16.3 Å². The van der Waals surface area contributed by atoms with Crippen LogP contribution in [0.2, 0.25) is 5.02 Å². The molecule has 1 fully saturated rings. The molecule has 0 radical (unpaired) electrons. The molecule has 1 N–H and O–H groups in total. The fourth-order valence-corrected chi connectivity index (χ4v) is 3.51. The van der Waals surface area contributed by atoms with E-state index in [1.165, 1.54) is 25.7 Å². The molecule has 3 atom stereocenters. The Hall–Kier alpha value is -0.890. The monoisotopic (exact) mass is 265 g/mol. The molecule has 0 saturated heterocycles. The van der Waals surface area contributed by atoms with Gasteiger partial charge in [-0.1, -0.05) is 37.4 Å². The topological polar surface area (TPSA) is 21.3 Å². The number of benzene rings is 1. The zero-order chi connectivity index (χ0) is 12.5. The summed E-state index contributed by atoms with van der Waals surface area (Å²) in [5, 5.41) is 4.34. The quantitative estimate of drug-likeness (QED) is 0.851. The first-order chi connectivity index (χ1) is 8.78. The molecule has 3 unspecified atom stereocenters. The molecule has 0 amide bonds. The number of nitrogens with one attached hydrogen (secondary N) is 1. The largest absolute Gasteiger partial charge is 0.485 e. The summed E-state index contributed by atoms with van der Waals surface area (Å²) in [6, 6.07) is 6.39. The molecule has 2 nitrogen and oxygen atoms in total. The second-order valence-corrected chi connectivity index (χ2v) is 5.90. The van der Waals surface area contributed by atoms with E-state index in [1.807, 2.05) is 12.1 Å². The lowest BCUT2D eigenvalue weighted by atomic mass is 9.80. The van der Waals surface area contributed by atoms with Gasteiger partial charge in [-0.05, 0) is 37.3 Å². The van der Waals surface area contributed by atoms with Crippen molar-refractivity contribution in [2.24, 2.45) is 5.92 Å². The maximum absolute atomic E-state index is 6.19. The number of ether oxygens (including phenoxy) is 1. The number of fused-ring (bicyclic) bond motifs is 2. The second kappa shape index (κ2) is 5.00. The molecular formula is C15H20ClNO. The van der Waals surface area contributed by atoms with Crippen molar-refractivity contribution in [2.75, 3.05) is 5.32 Å². The van der Waals surface area contributed by atoms with Crippen molar-refractivity contribution in [2.45, 2.75) is 51.2 Å². The molecule has 1 aromatic carbocycles. The van der Waals surface area contributed by atoms with E-state index in [-0.39, 0.29) is 0 Å². The molecule has 1 saturated carbocycles. The lowest BCUT2D eigenvalue weighted by molar-refractivity contribution is 0.105. The van der Waals surface area contributed by atoms with Gasteiger partial charge in [0.15, 0.2) is 5.75 Å². The molecule has 0 bridgehead atoms. The summed E-state index contributed by atoms with van der Waals surface area (Å²) in [7, 11) is 0. The number of hydrogen-bond acceptors (Lipinski definition) is 2. The van der Waals surface area contributed by atoms with Crippen LogP contribution in [-0.2, 0) is 0 Å². The van der Waals surface area contributed by atoms with Gasteiger partial charge in [0.25, 0.3) is 0 Å². The molecule has 1 aliphatic heterocycles. The van der Waals surface area contributed by atoms with E-state index in [9.17, 15) is 0 Å². The van der Waals surface area contributed by atoms with Gasteiger partial charge in [-0.25, -0.2) is 0 Å². The molecule has 18 heavy (non-hydrogen) atoms. The van der Waals surface area contributed by atoms with Crippen molar-refractivity contribution in [1.29, 1.82) is 0 Å². The molecule has 0 spiro atoms. The molecule has 1 aliphatic carbocycles.